The fraction of sp³-hybridized carbons (Fsp3) is 0.625. The third kappa shape index (κ3) is 4.27. The lowest BCUT2D eigenvalue weighted by Gasteiger charge is -1.96. The predicted octanol–water partition coefficient (Wildman–Crippen LogP) is 1.29. The molecule has 0 aliphatic rings. The molecular weight excluding hydrogens is 128 g/mol. The number of carbonyl (C=O) groups excluding carboxylic acids is 1. The number of aliphatic hydroxyl groups is 1. The molecule has 0 aromatic heterocycles. The summed E-state index contributed by atoms with van der Waals surface area (Å²) in [6.45, 7) is 3.66. The van der Waals surface area contributed by atoms with E-state index in [0.717, 1.165) is 0 Å². The second kappa shape index (κ2) is 5.18. The minimum Gasteiger partial charge on any atom is -0.389 e. The van der Waals surface area contributed by atoms with E-state index >= 15 is 0 Å². The Bertz CT molecular complexity index is 127. The molecule has 0 aliphatic heterocycles. The fourth-order valence-corrected chi connectivity index (χ4v) is 0.472. The SMILES string of the molecule is CCC(=O)/C=C/C(O)CC. The third-order valence-corrected chi connectivity index (χ3v) is 1.27. The molecule has 0 saturated carbocycles. The van der Waals surface area contributed by atoms with Gasteiger partial charge in [0.15, 0.2) is 5.78 Å². The first-order valence-corrected chi connectivity index (χ1v) is 3.59. The van der Waals surface area contributed by atoms with Gasteiger partial charge in [0.25, 0.3) is 0 Å². The molecule has 0 spiro atoms. The van der Waals surface area contributed by atoms with E-state index in [1.165, 1.54) is 12.2 Å². The van der Waals surface area contributed by atoms with Crippen molar-refractivity contribution in [2.75, 3.05) is 0 Å². The van der Waals surface area contributed by atoms with E-state index in [1.54, 1.807) is 6.92 Å². The lowest BCUT2D eigenvalue weighted by atomic mass is 10.2. The van der Waals surface area contributed by atoms with Crippen molar-refractivity contribution < 1.29 is 9.90 Å². The number of hydrogen-bond donors (Lipinski definition) is 1. The molecule has 1 unspecified atom stereocenters. The van der Waals surface area contributed by atoms with Crippen LogP contribution >= 0.6 is 0 Å². The van der Waals surface area contributed by atoms with Gasteiger partial charge in [-0.2, -0.15) is 0 Å². The zero-order chi connectivity index (χ0) is 7.98. The average Bonchev–Trinajstić information content (AvgIpc) is 1.99. The molecule has 10 heavy (non-hydrogen) atoms. The molecule has 58 valence electrons. The first-order valence-electron chi connectivity index (χ1n) is 3.59. The average molecular weight is 142 g/mol. The standard InChI is InChI=1S/C8H14O2/c1-3-7(9)5-6-8(10)4-2/h5-7,9H,3-4H2,1-2H3/b6-5+. The van der Waals surface area contributed by atoms with E-state index in [-0.39, 0.29) is 5.78 Å². The van der Waals surface area contributed by atoms with Crippen molar-refractivity contribution in [2.45, 2.75) is 32.8 Å². The van der Waals surface area contributed by atoms with Crippen molar-refractivity contribution in [3.05, 3.63) is 12.2 Å². The molecule has 0 aliphatic carbocycles. The summed E-state index contributed by atoms with van der Waals surface area (Å²) in [6, 6.07) is 0. The summed E-state index contributed by atoms with van der Waals surface area (Å²) in [6.07, 6.45) is 3.68. The highest BCUT2D eigenvalue weighted by molar-refractivity contribution is 5.89. The van der Waals surface area contributed by atoms with Gasteiger partial charge in [0, 0.05) is 6.42 Å². The van der Waals surface area contributed by atoms with Gasteiger partial charge in [-0.3, -0.25) is 4.79 Å². The molecule has 0 aromatic carbocycles. The maximum Gasteiger partial charge on any atom is 0.155 e. The molecule has 0 bridgehead atoms. The summed E-state index contributed by atoms with van der Waals surface area (Å²) in [5.41, 5.74) is 0. The fourth-order valence-electron chi connectivity index (χ4n) is 0.472. The van der Waals surface area contributed by atoms with Crippen LogP contribution in [-0.4, -0.2) is 17.0 Å². The Hall–Kier alpha value is -0.630. The first kappa shape index (κ1) is 9.37. The summed E-state index contributed by atoms with van der Waals surface area (Å²) in [7, 11) is 0. The number of rotatable bonds is 4. The van der Waals surface area contributed by atoms with Crippen LogP contribution < -0.4 is 0 Å². The second-order valence-electron chi connectivity index (χ2n) is 2.15. The van der Waals surface area contributed by atoms with Crippen LogP contribution in [-0.2, 0) is 4.79 Å². The molecule has 0 saturated heterocycles. The van der Waals surface area contributed by atoms with Crippen LogP contribution in [0.5, 0.6) is 0 Å². The molecule has 0 fully saturated rings. The van der Waals surface area contributed by atoms with E-state index < -0.39 is 6.10 Å². The van der Waals surface area contributed by atoms with E-state index in [4.69, 9.17) is 5.11 Å². The van der Waals surface area contributed by atoms with Crippen LogP contribution in [0.3, 0.4) is 0 Å². The Kier molecular flexibility index (Phi) is 4.85. The van der Waals surface area contributed by atoms with Gasteiger partial charge in [-0.05, 0) is 12.5 Å². The summed E-state index contributed by atoms with van der Waals surface area (Å²) in [5, 5.41) is 8.96. The summed E-state index contributed by atoms with van der Waals surface area (Å²) < 4.78 is 0. The Morgan fingerprint density at radius 2 is 2.20 bits per heavy atom. The van der Waals surface area contributed by atoms with Crippen molar-refractivity contribution in [1.82, 2.24) is 0 Å². The zero-order valence-electron chi connectivity index (χ0n) is 6.50. The molecular formula is C8H14O2. The minimum absolute atomic E-state index is 0.0625. The van der Waals surface area contributed by atoms with Crippen LogP contribution in [0.25, 0.3) is 0 Å². The molecule has 1 atom stereocenters. The van der Waals surface area contributed by atoms with Crippen LogP contribution in [0.2, 0.25) is 0 Å². The zero-order valence-corrected chi connectivity index (χ0v) is 6.50. The van der Waals surface area contributed by atoms with Crippen molar-refractivity contribution in [3.8, 4) is 0 Å². The third-order valence-electron chi connectivity index (χ3n) is 1.27. The van der Waals surface area contributed by atoms with Gasteiger partial charge < -0.3 is 5.11 Å². The minimum atomic E-state index is -0.463. The monoisotopic (exact) mass is 142 g/mol. The number of carbonyl (C=O) groups is 1. The van der Waals surface area contributed by atoms with Crippen molar-refractivity contribution in [3.63, 3.8) is 0 Å². The molecule has 0 amide bonds. The number of hydrogen-bond acceptors (Lipinski definition) is 2. The maximum atomic E-state index is 10.6. The lowest BCUT2D eigenvalue weighted by Crippen LogP contribution is -2.00. The molecule has 2 heteroatoms. The molecule has 0 heterocycles. The smallest absolute Gasteiger partial charge is 0.155 e. The highest BCUT2D eigenvalue weighted by atomic mass is 16.3. The van der Waals surface area contributed by atoms with Gasteiger partial charge in [0.05, 0.1) is 6.10 Å². The Labute approximate surface area is 61.6 Å². The Morgan fingerprint density at radius 3 is 2.60 bits per heavy atom. The maximum absolute atomic E-state index is 10.6. The van der Waals surface area contributed by atoms with E-state index in [2.05, 4.69) is 0 Å². The van der Waals surface area contributed by atoms with Crippen LogP contribution in [0.15, 0.2) is 12.2 Å². The first-order chi connectivity index (χ1) is 4.70. The highest BCUT2D eigenvalue weighted by Crippen LogP contribution is 1.92. The molecule has 0 radical (unpaired) electrons. The molecule has 0 aromatic rings. The Balaban J connectivity index is 3.63. The summed E-state index contributed by atoms with van der Waals surface area (Å²) >= 11 is 0. The molecule has 2 nitrogen and oxygen atoms in total. The topological polar surface area (TPSA) is 37.3 Å². The van der Waals surface area contributed by atoms with Gasteiger partial charge in [0.1, 0.15) is 0 Å². The van der Waals surface area contributed by atoms with Gasteiger partial charge in [0.2, 0.25) is 0 Å². The van der Waals surface area contributed by atoms with Crippen LogP contribution in [0, 0.1) is 0 Å². The largest absolute Gasteiger partial charge is 0.389 e. The van der Waals surface area contributed by atoms with E-state index in [1.807, 2.05) is 6.92 Å². The predicted molar refractivity (Wildman–Crippen MR) is 40.7 cm³/mol. The van der Waals surface area contributed by atoms with Gasteiger partial charge in [-0.1, -0.05) is 19.9 Å². The van der Waals surface area contributed by atoms with Crippen molar-refractivity contribution in [2.24, 2.45) is 0 Å². The summed E-state index contributed by atoms with van der Waals surface area (Å²) in [5.74, 6) is 0.0625. The van der Waals surface area contributed by atoms with Crippen molar-refractivity contribution in [1.29, 1.82) is 0 Å². The van der Waals surface area contributed by atoms with E-state index in [9.17, 15) is 4.79 Å². The van der Waals surface area contributed by atoms with E-state index in [0.29, 0.717) is 12.8 Å². The normalized spacial score (nSPS) is 13.9. The van der Waals surface area contributed by atoms with Crippen LogP contribution in [0.1, 0.15) is 26.7 Å². The van der Waals surface area contributed by atoms with Crippen molar-refractivity contribution >= 4 is 5.78 Å². The van der Waals surface area contributed by atoms with Gasteiger partial charge in [-0.25, -0.2) is 0 Å². The second-order valence-corrected chi connectivity index (χ2v) is 2.15. The molecule has 0 rings (SSSR count). The summed E-state index contributed by atoms with van der Waals surface area (Å²) in [4.78, 5) is 10.6. The number of allylic oxidation sites excluding steroid dienone is 1. The highest BCUT2D eigenvalue weighted by Gasteiger charge is 1.94. The quantitative estimate of drug-likeness (QED) is 0.600. The number of ketones is 1. The lowest BCUT2D eigenvalue weighted by molar-refractivity contribution is -0.114. The van der Waals surface area contributed by atoms with Gasteiger partial charge in [-0.15, -0.1) is 0 Å². The van der Waals surface area contributed by atoms with Crippen LogP contribution in [0.4, 0.5) is 0 Å². The van der Waals surface area contributed by atoms with Gasteiger partial charge >= 0.3 is 0 Å². The molecule has 1 N–H and O–H groups in total. The number of aliphatic hydroxyl groups excluding tert-OH is 1. The Morgan fingerprint density at radius 1 is 1.60 bits per heavy atom.